The number of fused-ring (bicyclic) bond motifs is 1. The molecule has 1 aromatic carbocycles. The van der Waals surface area contributed by atoms with Crippen molar-refractivity contribution < 1.29 is 17.7 Å². The van der Waals surface area contributed by atoms with Crippen LogP contribution in [0.15, 0.2) is 12.1 Å². The molecule has 78 valence electrons. The molecule has 0 amide bonds. The van der Waals surface area contributed by atoms with E-state index in [1.165, 1.54) is 0 Å². The van der Waals surface area contributed by atoms with Crippen LogP contribution >= 0.6 is 0 Å². The van der Waals surface area contributed by atoms with E-state index in [1.807, 2.05) is 0 Å². The van der Waals surface area contributed by atoms with E-state index < -0.39 is 30.2 Å². The van der Waals surface area contributed by atoms with E-state index in [0.717, 1.165) is 13.0 Å². The van der Waals surface area contributed by atoms with Gasteiger partial charge in [-0.05, 0) is 6.07 Å². The van der Waals surface area contributed by atoms with Gasteiger partial charge in [-0.15, -0.1) is 0 Å². The Morgan fingerprint density at radius 2 is 2.27 bits per heavy atom. The van der Waals surface area contributed by atoms with Crippen molar-refractivity contribution in [2.24, 2.45) is 6.98 Å². The Bertz CT molecular complexity index is 649. The van der Waals surface area contributed by atoms with Gasteiger partial charge in [-0.2, -0.15) is 0 Å². The minimum absolute atomic E-state index is 0.266. The second kappa shape index (κ2) is 3.12. The quantitative estimate of drug-likeness (QED) is 0.679. The molecule has 3 nitrogen and oxygen atoms in total. The first kappa shape index (κ1) is 6.66. The van der Waals surface area contributed by atoms with Gasteiger partial charge in [0.1, 0.15) is 11.3 Å². The summed E-state index contributed by atoms with van der Waals surface area (Å²) in [6.45, 7) is -1.63. The van der Waals surface area contributed by atoms with E-state index in [0.29, 0.717) is 10.6 Å². The van der Waals surface area contributed by atoms with Crippen molar-refractivity contribution >= 4 is 16.8 Å². The Kier molecular flexibility index (Phi) is 1.38. The molecule has 0 atom stereocenters. The largest absolute Gasteiger partial charge is 0.324 e. The van der Waals surface area contributed by atoms with Gasteiger partial charge >= 0.3 is 0 Å². The molecule has 1 aromatic heterocycles. The highest BCUT2D eigenvalue weighted by Gasteiger charge is 2.15. The number of ketones is 1. The second-order valence-electron chi connectivity index (χ2n) is 3.08. The molecule has 0 bridgehead atoms. The van der Waals surface area contributed by atoms with Crippen LogP contribution in [0.3, 0.4) is 0 Å². The van der Waals surface area contributed by atoms with Crippen molar-refractivity contribution in [1.29, 1.82) is 0 Å². The number of rotatable bonds is 1. The lowest BCUT2D eigenvalue weighted by Crippen LogP contribution is -2.02. The topological polar surface area (TPSA) is 34.9 Å². The van der Waals surface area contributed by atoms with Crippen molar-refractivity contribution in [3.8, 4) is 0 Å². The average molecular weight is 213 g/mol. The highest BCUT2D eigenvalue weighted by molar-refractivity contribution is 5.94. The standard InChI is InChI=1S/C10H8F2N2O/c1-5(15)10-13-9-7(12)3-6(11)4-8(9)14(10)2/h3-4H,1-2H3/i2D3. The highest BCUT2D eigenvalue weighted by atomic mass is 19.1. The molecule has 0 aliphatic carbocycles. The predicted octanol–water partition coefficient (Wildman–Crippen LogP) is 2.05. The van der Waals surface area contributed by atoms with Crippen LogP contribution in [0.1, 0.15) is 21.7 Å². The van der Waals surface area contributed by atoms with Crippen molar-refractivity contribution in [3.63, 3.8) is 0 Å². The number of aryl methyl sites for hydroxylation is 1. The molecular formula is C10H8F2N2O. The van der Waals surface area contributed by atoms with Crippen LogP contribution in [0.5, 0.6) is 0 Å². The van der Waals surface area contributed by atoms with E-state index in [1.54, 1.807) is 0 Å². The van der Waals surface area contributed by atoms with Gasteiger partial charge in [0, 0.05) is 24.1 Å². The number of hydrogen-bond donors (Lipinski definition) is 0. The summed E-state index contributed by atoms with van der Waals surface area (Å²) in [5.74, 6) is -2.99. The zero-order valence-electron chi connectivity index (χ0n) is 10.7. The maximum absolute atomic E-state index is 13.5. The molecule has 0 aliphatic heterocycles. The van der Waals surface area contributed by atoms with E-state index in [2.05, 4.69) is 4.98 Å². The fourth-order valence-corrected chi connectivity index (χ4v) is 1.34. The van der Waals surface area contributed by atoms with Gasteiger partial charge < -0.3 is 4.57 Å². The van der Waals surface area contributed by atoms with Crippen LogP contribution in [0.25, 0.3) is 11.0 Å². The third kappa shape index (κ3) is 1.40. The number of carbonyl (C=O) groups is 1. The molecule has 15 heavy (non-hydrogen) atoms. The molecule has 1 heterocycles. The minimum atomic E-state index is -2.74. The van der Waals surface area contributed by atoms with E-state index >= 15 is 0 Å². The Morgan fingerprint density at radius 3 is 2.87 bits per heavy atom. The smallest absolute Gasteiger partial charge is 0.195 e. The van der Waals surface area contributed by atoms with Crippen LogP contribution in [-0.4, -0.2) is 15.3 Å². The lowest BCUT2D eigenvalue weighted by molar-refractivity contribution is 0.100. The molecule has 0 saturated carbocycles. The number of nitrogens with zero attached hydrogens (tertiary/aromatic N) is 2. The van der Waals surface area contributed by atoms with Gasteiger partial charge in [-0.25, -0.2) is 13.8 Å². The van der Waals surface area contributed by atoms with Crippen molar-refractivity contribution in [3.05, 3.63) is 29.6 Å². The maximum Gasteiger partial charge on any atom is 0.195 e. The predicted molar refractivity (Wildman–Crippen MR) is 50.6 cm³/mol. The van der Waals surface area contributed by atoms with Gasteiger partial charge in [0.25, 0.3) is 0 Å². The molecule has 5 heteroatoms. The summed E-state index contributed by atoms with van der Waals surface area (Å²) in [6, 6.07) is 1.42. The first-order valence-electron chi connectivity index (χ1n) is 5.60. The SMILES string of the molecule is [2H]C([2H])([2H])n1c(C(C)=O)nc2c(F)cc(F)cc21. The molecule has 0 spiro atoms. The molecule has 0 radical (unpaired) electrons. The van der Waals surface area contributed by atoms with Gasteiger partial charge in [0.05, 0.1) is 5.52 Å². The van der Waals surface area contributed by atoms with Crippen LogP contribution in [0.4, 0.5) is 8.78 Å². The van der Waals surface area contributed by atoms with Gasteiger partial charge in [0.2, 0.25) is 0 Å². The maximum atomic E-state index is 13.5. The van der Waals surface area contributed by atoms with Gasteiger partial charge in [0.15, 0.2) is 17.4 Å². The molecule has 0 saturated heterocycles. The number of imidazole rings is 1. The molecule has 0 fully saturated rings. The summed E-state index contributed by atoms with van der Waals surface area (Å²) in [7, 11) is 0. The zero-order chi connectivity index (χ0) is 13.7. The third-order valence-electron chi connectivity index (χ3n) is 1.99. The first-order valence-corrected chi connectivity index (χ1v) is 4.10. The molecule has 0 N–H and O–H groups in total. The number of halogens is 2. The molecule has 0 aliphatic rings. The summed E-state index contributed by atoms with van der Waals surface area (Å²) in [5.41, 5.74) is -0.601. The second-order valence-corrected chi connectivity index (χ2v) is 3.08. The summed E-state index contributed by atoms with van der Waals surface area (Å²) in [6.07, 6.45) is 0. The Morgan fingerprint density at radius 1 is 1.53 bits per heavy atom. The third-order valence-corrected chi connectivity index (χ3v) is 1.99. The first-order chi connectivity index (χ1) is 8.21. The number of Topliss-reactive ketones (excluding diaryl/α,β-unsaturated/α-hetero) is 1. The van der Waals surface area contributed by atoms with Gasteiger partial charge in [-0.3, -0.25) is 4.79 Å². The molecule has 0 unspecified atom stereocenters. The molecular weight excluding hydrogens is 202 g/mol. The number of hydrogen-bond acceptors (Lipinski definition) is 2. The summed E-state index contributed by atoms with van der Waals surface area (Å²) >= 11 is 0. The number of benzene rings is 1. The Hall–Kier alpha value is -1.78. The molecule has 2 aromatic rings. The normalized spacial score (nSPS) is 14.7. The van der Waals surface area contributed by atoms with Crippen molar-refractivity contribution in [2.75, 3.05) is 0 Å². The average Bonchev–Trinajstić information content (AvgIpc) is 2.56. The van der Waals surface area contributed by atoms with Crippen molar-refractivity contribution in [1.82, 2.24) is 9.55 Å². The van der Waals surface area contributed by atoms with Crippen LogP contribution in [0.2, 0.25) is 0 Å². The van der Waals surface area contributed by atoms with E-state index in [4.69, 9.17) is 4.11 Å². The Balaban J connectivity index is 2.95. The Labute approximate surface area is 88.6 Å². The van der Waals surface area contributed by atoms with Crippen LogP contribution in [0, 0.1) is 11.6 Å². The lowest BCUT2D eigenvalue weighted by atomic mass is 10.3. The fraction of sp³-hybridized carbons (Fsp3) is 0.200. The van der Waals surface area contributed by atoms with Gasteiger partial charge in [-0.1, -0.05) is 0 Å². The van der Waals surface area contributed by atoms with E-state index in [9.17, 15) is 13.6 Å². The fourth-order valence-electron chi connectivity index (χ4n) is 1.34. The summed E-state index contributed by atoms with van der Waals surface area (Å²) in [4.78, 5) is 15.0. The summed E-state index contributed by atoms with van der Waals surface area (Å²) < 4.78 is 49.1. The van der Waals surface area contributed by atoms with E-state index in [-0.39, 0.29) is 11.0 Å². The molecule has 2 rings (SSSR count). The minimum Gasteiger partial charge on any atom is -0.324 e. The highest BCUT2D eigenvalue weighted by Crippen LogP contribution is 2.19. The summed E-state index contributed by atoms with van der Waals surface area (Å²) in [5, 5.41) is 0. The van der Waals surface area contributed by atoms with Crippen LogP contribution < -0.4 is 0 Å². The van der Waals surface area contributed by atoms with Crippen molar-refractivity contribution in [2.45, 2.75) is 6.92 Å². The van der Waals surface area contributed by atoms with Crippen LogP contribution in [-0.2, 0) is 6.98 Å². The number of aromatic nitrogens is 2. The monoisotopic (exact) mass is 213 g/mol. The lowest BCUT2D eigenvalue weighted by Gasteiger charge is -1.97. The zero-order valence-corrected chi connectivity index (χ0v) is 7.71. The number of carbonyl (C=O) groups excluding carboxylic acids is 1.